The highest BCUT2D eigenvalue weighted by Gasteiger charge is 2.11. The topological polar surface area (TPSA) is 26.3 Å². The maximum absolute atomic E-state index is 11.0. The summed E-state index contributed by atoms with van der Waals surface area (Å²) in [7, 11) is 0. The molecule has 11 heavy (non-hydrogen) atoms. The van der Waals surface area contributed by atoms with Gasteiger partial charge in [0.1, 0.15) is 0 Å². The lowest BCUT2D eigenvalue weighted by atomic mass is 10.1. The second-order valence-electron chi connectivity index (χ2n) is 2.71. The average Bonchev–Trinajstić information content (AvgIpc) is 2.00. The lowest BCUT2D eigenvalue weighted by molar-refractivity contribution is -0.148. The third-order valence-corrected chi connectivity index (χ3v) is 1.49. The zero-order valence-electron chi connectivity index (χ0n) is 7.43. The summed E-state index contributed by atoms with van der Waals surface area (Å²) in [5.41, 5.74) is 0. The van der Waals surface area contributed by atoms with Crippen LogP contribution < -0.4 is 0 Å². The average molecular weight is 157 g/mol. The third kappa shape index (κ3) is 4.82. The minimum atomic E-state index is -0.0875. The van der Waals surface area contributed by atoms with Crippen LogP contribution in [0.5, 0.6) is 0 Å². The van der Waals surface area contributed by atoms with Crippen molar-refractivity contribution in [2.75, 3.05) is 6.61 Å². The van der Waals surface area contributed by atoms with Crippen molar-refractivity contribution in [2.45, 2.75) is 33.1 Å². The number of ether oxygens (including phenoxy) is 1. The Bertz CT molecular complexity index is 110. The van der Waals surface area contributed by atoms with Gasteiger partial charge in [-0.15, -0.1) is 0 Å². The SMILES string of the molecule is [CH2]CCC(C)C(=O)OCCC. The molecule has 1 unspecified atom stereocenters. The van der Waals surface area contributed by atoms with Gasteiger partial charge in [0, 0.05) is 0 Å². The number of rotatable bonds is 5. The highest BCUT2D eigenvalue weighted by molar-refractivity contribution is 5.71. The first-order valence-corrected chi connectivity index (χ1v) is 4.18. The Hall–Kier alpha value is -0.530. The molecule has 0 bridgehead atoms. The smallest absolute Gasteiger partial charge is 0.308 e. The van der Waals surface area contributed by atoms with E-state index in [1.165, 1.54) is 0 Å². The normalized spacial score (nSPS) is 12.6. The predicted molar refractivity (Wildman–Crippen MR) is 45.0 cm³/mol. The fraction of sp³-hybridized carbons (Fsp3) is 0.778. The molecule has 0 aromatic rings. The highest BCUT2D eigenvalue weighted by atomic mass is 16.5. The van der Waals surface area contributed by atoms with Crippen LogP contribution in [0.1, 0.15) is 33.1 Å². The monoisotopic (exact) mass is 157 g/mol. The quantitative estimate of drug-likeness (QED) is 0.572. The van der Waals surface area contributed by atoms with Crippen LogP contribution >= 0.6 is 0 Å². The summed E-state index contributed by atoms with van der Waals surface area (Å²) in [5, 5.41) is 0. The molecule has 0 aromatic heterocycles. The summed E-state index contributed by atoms with van der Waals surface area (Å²) in [6.45, 7) is 8.09. The van der Waals surface area contributed by atoms with Crippen LogP contribution in [0.3, 0.4) is 0 Å². The first-order chi connectivity index (χ1) is 5.22. The molecule has 0 fully saturated rings. The molecule has 0 rings (SSSR count). The molecule has 0 amide bonds. The van der Waals surface area contributed by atoms with Gasteiger partial charge < -0.3 is 4.74 Å². The van der Waals surface area contributed by atoms with E-state index >= 15 is 0 Å². The molecule has 0 saturated heterocycles. The van der Waals surface area contributed by atoms with E-state index in [9.17, 15) is 4.79 Å². The molecule has 0 spiro atoms. The fourth-order valence-corrected chi connectivity index (χ4v) is 0.769. The number of esters is 1. The van der Waals surface area contributed by atoms with Crippen LogP contribution in [-0.2, 0) is 9.53 Å². The van der Waals surface area contributed by atoms with Crippen LogP contribution in [0.15, 0.2) is 0 Å². The second kappa shape index (κ2) is 6.20. The van der Waals surface area contributed by atoms with Crippen LogP contribution in [0, 0.1) is 12.8 Å². The summed E-state index contributed by atoms with van der Waals surface area (Å²) in [4.78, 5) is 11.0. The Morgan fingerprint density at radius 2 is 2.27 bits per heavy atom. The van der Waals surface area contributed by atoms with Gasteiger partial charge in [-0.05, 0) is 12.8 Å². The van der Waals surface area contributed by atoms with Crippen molar-refractivity contribution < 1.29 is 9.53 Å². The fourth-order valence-electron chi connectivity index (χ4n) is 0.769. The van der Waals surface area contributed by atoms with Gasteiger partial charge in [0.15, 0.2) is 0 Å². The van der Waals surface area contributed by atoms with E-state index in [4.69, 9.17) is 4.74 Å². The van der Waals surface area contributed by atoms with E-state index < -0.39 is 0 Å². The van der Waals surface area contributed by atoms with Crippen LogP contribution in [0.2, 0.25) is 0 Å². The molecular weight excluding hydrogens is 140 g/mol. The Balaban J connectivity index is 3.47. The molecule has 2 nitrogen and oxygen atoms in total. The third-order valence-electron chi connectivity index (χ3n) is 1.49. The minimum absolute atomic E-state index is 0.0130. The van der Waals surface area contributed by atoms with Crippen molar-refractivity contribution in [3.63, 3.8) is 0 Å². The number of carbonyl (C=O) groups excluding carboxylic acids is 1. The molecule has 2 heteroatoms. The van der Waals surface area contributed by atoms with Crippen molar-refractivity contribution in [1.29, 1.82) is 0 Å². The maximum Gasteiger partial charge on any atom is 0.308 e. The molecule has 1 radical (unpaired) electrons. The molecule has 0 saturated carbocycles. The van der Waals surface area contributed by atoms with E-state index in [0.29, 0.717) is 6.61 Å². The Labute approximate surface area is 68.9 Å². The molecule has 0 aliphatic heterocycles. The Kier molecular flexibility index (Phi) is 5.90. The van der Waals surface area contributed by atoms with E-state index in [-0.39, 0.29) is 11.9 Å². The van der Waals surface area contributed by atoms with Gasteiger partial charge in [0.25, 0.3) is 0 Å². The second-order valence-corrected chi connectivity index (χ2v) is 2.71. The van der Waals surface area contributed by atoms with Gasteiger partial charge in [0.2, 0.25) is 0 Å². The van der Waals surface area contributed by atoms with Gasteiger partial charge in [-0.2, -0.15) is 0 Å². The summed E-state index contributed by atoms with van der Waals surface area (Å²) >= 11 is 0. The van der Waals surface area contributed by atoms with E-state index in [2.05, 4.69) is 6.92 Å². The standard InChI is InChI=1S/C9H17O2/c1-4-6-8(3)9(10)11-7-5-2/h8H,1,4-7H2,2-3H3. The maximum atomic E-state index is 11.0. The summed E-state index contributed by atoms with van der Waals surface area (Å²) in [6, 6.07) is 0. The zero-order valence-corrected chi connectivity index (χ0v) is 7.43. The number of hydrogen-bond acceptors (Lipinski definition) is 2. The molecule has 65 valence electrons. The van der Waals surface area contributed by atoms with Crippen LogP contribution in [0.4, 0.5) is 0 Å². The Morgan fingerprint density at radius 3 is 2.73 bits per heavy atom. The van der Waals surface area contributed by atoms with Gasteiger partial charge in [-0.25, -0.2) is 0 Å². The lowest BCUT2D eigenvalue weighted by Gasteiger charge is -2.08. The minimum Gasteiger partial charge on any atom is -0.465 e. The molecule has 0 aliphatic rings. The van der Waals surface area contributed by atoms with Gasteiger partial charge in [-0.3, -0.25) is 4.79 Å². The molecule has 0 N–H and O–H groups in total. The van der Waals surface area contributed by atoms with Gasteiger partial charge in [-0.1, -0.05) is 27.2 Å². The Morgan fingerprint density at radius 1 is 1.64 bits per heavy atom. The molecule has 0 heterocycles. The van der Waals surface area contributed by atoms with Crippen LogP contribution in [0.25, 0.3) is 0 Å². The number of carbonyl (C=O) groups is 1. The highest BCUT2D eigenvalue weighted by Crippen LogP contribution is 2.06. The summed E-state index contributed by atoms with van der Waals surface area (Å²) in [6.07, 6.45) is 2.51. The lowest BCUT2D eigenvalue weighted by Crippen LogP contribution is -2.14. The molecular formula is C9H17O2. The zero-order chi connectivity index (χ0) is 8.69. The van der Waals surface area contributed by atoms with Gasteiger partial charge >= 0.3 is 5.97 Å². The predicted octanol–water partition coefficient (Wildman–Crippen LogP) is 2.19. The molecule has 0 aromatic carbocycles. The van der Waals surface area contributed by atoms with Crippen molar-refractivity contribution in [3.05, 3.63) is 6.92 Å². The van der Waals surface area contributed by atoms with E-state index in [1.807, 2.05) is 13.8 Å². The van der Waals surface area contributed by atoms with Crippen LogP contribution in [-0.4, -0.2) is 12.6 Å². The van der Waals surface area contributed by atoms with Crippen molar-refractivity contribution in [2.24, 2.45) is 5.92 Å². The van der Waals surface area contributed by atoms with E-state index in [0.717, 1.165) is 19.3 Å². The van der Waals surface area contributed by atoms with Gasteiger partial charge in [0.05, 0.1) is 12.5 Å². The first-order valence-electron chi connectivity index (χ1n) is 4.18. The summed E-state index contributed by atoms with van der Waals surface area (Å²) in [5.74, 6) is -0.0745. The van der Waals surface area contributed by atoms with E-state index in [1.54, 1.807) is 0 Å². The molecule has 0 aliphatic carbocycles. The molecule has 1 atom stereocenters. The van der Waals surface area contributed by atoms with Crippen molar-refractivity contribution in [3.8, 4) is 0 Å². The van der Waals surface area contributed by atoms with Crippen molar-refractivity contribution in [1.82, 2.24) is 0 Å². The van der Waals surface area contributed by atoms with Crippen molar-refractivity contribution >= 4 is 5.97 Å². The summed E-state index contributed by atoms with van der Waals surface area (Å²) < 4.78 is 4.94. The number of hydrogen-bond donors (Lipinski definition) is 0. The largest absolute Gasteiger partial charge is 0.465 e. The first kappa shape index (κ1) is 10.5.